The van der Waals surface area contributed by atoms with E-state index >= 15 is 0 Å². The molecule has 0 aromatic heterocycles. The molecule has 15 heteroatoms. The zero-order valence-corrected chi connectivity index (χ0v) is 67.5. The highest BCUT2D eigenvalue weighted by atomic mass is 32.5. The van der Waals surface area contributed by atoms with Gasteiger partial charge in [0.2, 0.25) is 0 Å². The molecule has 2 N–H and O–H groups in total. The van der Waals surface area contributed by atoms with Crippen molar-refractivity contribution in [3.63, 3.8) is 0 Å². The predicted octanol–water partition coefficient (Wildman–Crippen LogP) is 27.0. The van der Waals surface area contributed by atoms with E-state index in [-0.39, 0.29) is 29.3 Å². The molecule has 1 aliphatic carbocycles. The lowest BCUT2D eigenvalue weighted by Crippen LogP contribution is -2.23. The molecule has 6 aromatic carbocycles. The molecule has 10 rings (SSSR count). The molecule has 0 saturated carbocycles. The van der Waals surface area contributed by atoms with Crippen LogP contribution in [0.5, 0.6) is 46.0 Å². The molecule has 8 bridgehead atoms. The van der Waals surface area contributed by atoms with Crippen LogP contribution < -0.4 is 37.8 Å². The average Bonchev–Trinajstić information content (AvgIpc) is 0.728. The number of phenols is 2. The van der Waals surface area contributed by atoms with Gasteiger partial charge in [-0.2, -0.15) is 0 Å². The van der Waals surface area contributed by atoms with Crippen molar-refractivity contribution in [2.24, 2.45) is 0 Å². The Morgan fingerprint density at radius 2 is 0.505 bits per heavy atom. The summed E-state index contributed by atoms with van der Waals surface area (Å²) < 4.78 is 47.0. The summed E-state index contributed by atoms with van der Waals surface area (Å²) in [4.78, 5) is 0. The van der Waals surface area contributed by atoms with E-state index in [1.807, 2.05) is 91.6 Å². The van der Waals surface area contributed by atoms with E-state index in [0.717, 1.165) is 151 Å². The van der Waals surface area contributed by atoms with Crippen molar-refractivity contribution in [1.82, 2.24) is 4.67 Å². The minimum absolute atomic E-state index is 0.106. The van der Waals surface area contributed by atoms with Gasteiger partial charge in [-0.15, -0.1) is 0 Å². The molecule has 101 heavy (non-hydrogen) atoms. The molecule has 3 aliphatic heterocycles. The van der Waals surface area contributed by atoms with E-state index in [9.17, 15) is 10.2 Å². The van der Waals surface area contributed by atoms with Crippen LogP contribution in [0.1, 0.15) is 353 Å². The molecule has 0 amide bonds. The summed E-state index contributed by atoms with van der Waals surface area (Å²) in [6.07, 6.45) is 46.0. The van der Waals surface area contributed by atoms with Crippen molar-refractivity contribution in [3.05, 3.63) is 154 Å². The standard InChI is InChI=1S/C86H122NO8P3S3/c1-7-11-15-19-23-27-31-35-45-53-67-71-57-73-68(54-46-36-32-28-24-20-16-12-8-2)75-59-76-70(56-48-38-34-30-26-22-18-14-10-4)77-60-78-69(55-47-37-33-29-25-21-17-13-9-3)74-58-72(67)80(89)62-82(74)94-98(101,87(5)6)95-86(78)64-85(77)93-97(100,66-51-43-40-44-52-66)92-84(76)63-83(75)91-96(99,65-49-41-39-42-50-65)90-81(73)61-79(71)88/h39-44,49-52,57-64,67-70,88-89H,7-38,45-48,53-56H2,1-6H3. The number of rotatable bonds is 43. The van der Waals surface area contributed by atoms with Crippen LogP contribution in [0.3, 0.4) is 0 Å². The lowest BCUT2D eigenvalue weighted by molar-refractivity contribution is 0.393. The number of benzene rings is 6. The molecular formula is C86H122NO8P3S3. The van der Waals surface area contributed by atoms with Crippen LogP contribution in [-0.2, 0) is 35.4 Å². The van der Waals surface area contributed by atoms with E-state index in [0.29, 0.717) is 40.9 Å². The molecule has 552 valence electrons. The van der Waals surface area contributed by atoms with Gasteiger partial charge in [0.15, 0.2) is 0 Å². The first-order valence-corrected chi connectivity index (χ1v) is 47.9. The normalized spacial score (nSPS) is 20.9. The van der Waals surface area contributed by atoms with E-state index in [4.69, 9.17) is 62.6 Å². The summed E-state index contributed by atoms with van der Waals surface area (Å²) in [5.41, 5.74) is 7.58. The fraction of sp³-hybridized carbons (Fsp3) is 0.581. The highest BCUT2D eigenvalue weighted by molar-refractivity contribution is 8.14. The highest BCUT2D eigenvalue weighted by Gasteiger charge is 2.43. The van der Waals surface area contributed by atoms with Crippen LogP contribution >= 0.6 is 19.6 Å². The van der Waals surface area contributed by atoms with Gasteiger partial charge in [-0.1, -0.05) is 295 Å². The molecule has 3 heterocycles. The van der Waals surface area contributed by atoms with Gasteiger partial charge in [0.1, 0.15) is 46.0 Å². The van der Waals surface area contributed by atoms with Crippen LogP contribution in [0.25, 0.3) is 0 Å². The molecular weight excluding hydrogens is 1360 g/mol. The Morgan fingerprint density at radius 3 is 0.772 bits per heavy atom. The fourth-order valence-electron chi connectivity index (χ4n) is 16.0. The third-order valence-electron chi connectivity index (χ3n) is 21.9. The smallest absolute Gasteiger partial charge is 0.367 e. The topological polar surface area (TPSA) is 99.1 Å². The Labute approximate surface area is 625 Å². The molecule has 0 saturated heterocycles. The van der Waals surface area contributed by atoms with Crippen LogP contribution in [0, 0.1) is 0 Å². The Bertz CT molecular complexity index is 3720. The molecule has 0 fully saturated rings. The molecule has 6 aromatic rings. The van der Waals surface area contributed by atoms with Crippen molar-refractivity contribution in [3.8, 4) is 46.0 Å². The quantitative estimate of drug-likeness (QED) is 0.0282. The second kappa shape index (κ2) is 39.8. The number of unbranched alkanes of at least 4 members (excludes halogenated alkanes) is 32. The van der Waals surface area contributed by atoms with Gasteiger partial charge >= 0.3 is 19.6 Å². The maximum Gasteiger partial charge on any atom is 0.367 e. The summed E-state index contributed by atoms with van der Waals surface area (Å²) in [6.45, 7) is -1.29. The Morgan fingerprint density at radius 1 is 0.287 bits per heavy atom. The number of fused-ring (bicyclic) bond motifs is 2. The second-order valence-electron chi connectivity index (χ2n) is 30.0. The van der Waals surface area contributed by atoms with Gasteiger partial charge in [0.25, 0.3) is 0 Å². The largest absolute Gasteiger partial charge is 0.508 e. The first kappa shape index (κ1) is 79.2. The van der Waals surface area contributed by atoms with Crippen LogP contribution in [0.2, 0.25) is 0 Å². The van der Waals surface area contributed by atoms with E-state index in [1.54, 1.807) is 0 Å². The molecule has 4 aliphatic rings. The summed E-state index contributed by atoms with van der Waals surface area (Å²) in [6, 6.07) is 37.4. The Hall–Kier alpha value is -4.37. The molecule has 0 radical (unpaired) electrons. The highest BCUT2D eigenvalue weighted by Crippen LogP contribution is 2.64. The summed E-state index contributed by atoms with van der Waals surface area (Å²) >= 11 is 20.6. The van der Waals surface area contributed by atoms with Crippen molar-refractivity contribution in [1.29, 1.82) is 0 Å². The number of hydrogen-bond donors (Lipinski definition) is 2. The Kier molecular flexibility index (Phi) is 31.2. The average molecular weight is 1490 g/mol. The lowest BCUT2D eigenvalue weighted by Gasteiger charge is -2.38. The second-order valence-corrected chi connectivity index (χ2v) is 40.1. The number of hydrogen-bond acceptors (Lipinski definition) is 11. The summed E-state index contributed by atoms with van der Waals surface area (Å²) in [5, 5.41) is 27.9. The van der Waals surface area contributed by atoms with Gasteiger partial charge in [-0.3, -0.25) is 0 Å². The SMILES string of the molecule is CCCCCCCCCCCC1c2cc3c(cc2O)OP(=S)(c2ccccc2)Oc2cc4c(cc2C3CCCCCCCCCCC)C(CCCCCCCCCCC)c2cc3c(cc2OP(=S)(c2ccccc2)O4)OP(=S)(N(C)C)Oc2cc(O)c1cc2C3CCCCCCCCCCC. The zero-order chi connectivity index (χ0) is 71.0. The fourth-order valence-corrected chi connectivity index (χ4v) is 22.6. The van der Waals surface area contributed by atoms with Gasteiger partial charge in [-0.05, 0) is 112 Å². The van der Waals surface area contributed by atoms with Crippen LogP contribution in [0.15, 0.2) is 109 Å². The van der Waals surface area contributed by atoms with E-state index in [1.165, 1.54) is 154 Å². The number of aromatic hydroxyl groups is 2. The van der Waals surface area contributed by atoms with Gasteiger partial charge in [-0.25, -0.2) is 4.67 Å². The molecule has 0 spiro atoms. The van der Waals surface area contributed by atoms with Gasteiger partial charge in [0.05, 0.1) is 10.6 Å². The van der Waals surface area contributed by atoms with Crippen molar-refractivity contribution >= 4 is 65.7 Å². The van der Waals surface area contributed by atoms with Gasteiger partial charge < -0.3 is 37.4 Å². The monoisotopic (exact) mass is 1490 g/mol. The number of phenolic OH excluding ortho intramolecular Hbond substituents is 2. The molecule has 7 atom stereocenters. The van der Waals surface area contributed by atoms with Crippen molar-refractivity contribution in [2.75, 3.05) is 14.1 Å². The Balaban J connectivity index is 1.25. The maximum atomic E-state index is 13.2. The van der Waals surface area contributed by atoms with Gasteiger partial charge in [0, 0.05) is 104 Å². The first-order valence-electron chi connectivity index (χ1n) is 40.1. The summed E-state index contributed by atoms with van der Waals surface area (Å²) in [5.74, 6) is 2.58. The minimum atomic E-state index is -3.52. The maximum absolute atomic E-state index is 13.2. The molecule has 9 nitrogen and oxygen atoms in total. The van der Waals surface area contributed by atoms with Crippen LogP contribution in [-0.4, -0.2) is 29.0 Å². The number of nitrogens with zero attached hydrogens (tertiary/aromatic N) is 1. The predicted molar refractivity (Wildman–Crippen MR) is 436 cm³/mol. The zero-order valence-electron chi connectivity index (χ0n) is 62.3. The first-order chi connectivity index (χ1) is 49.2. The van der Waals surface area contributed by atoms with Crippen molar-refractivity contribution in [2.45, 2.75) is 308 Å². The van der Waals surface area contributed by atoms with E-state index in [2.05, 4.69) is 64.1 Å². The lowest BCUT2D eigenvalue weighted by atomic mass is 9.76. The molecule has 7 unspecified atom stereocenters. The minimum Gasteiger partial charge on any atom is -0.508 e. The third kappa shape index (κ3) is 21.0. The van der Waals surface area contributed by atoms with Crippen molar-refractivity contribution < 1.29 is 37.4 Å². The van der Waals surface area contributed by atoms with E-state index < -0.39 is 25.5 Å². The summed E-state index contributed by atoms with van der Waals surface area (Å²) in [7, 11) is 3.86. The van der Waals surface area contributed by atoms with Crippen LogP contribution in [0.4, 0.5) is 0 Å². The third-order valence-corrected chi connectivity index (χ3v) is 31.0.